The number of carbonyl (C=O) groups is 1. The van der Waals surface area contributed by atoms with Crippen LogP contribution in [0.25, 0.3) is 0 Å². The zero-order valence-electron chi connectivity index (χ0n) is 10.6. The summed E-state index contributed by atoms with van der Waals surface area (Å²) in [5, 5.41) is 0. The zero-order valence-corrected chi connectivity index (χ0v) is 10.6. The fourth-order valence-electron chi connectivity index (χ4n) is 3.02. The molecule has 0 radical (unpaired) electrons. The van der Waals surface area contributed by atoms with Crippen LogP contribution >= 0.6 is 0 Å². The van der Waals surface area contributed by atoms with Gasteiger partial charge in [0.1, 0.15) is 0 Å². The minimum atomic E-state index is -0.204. The Hall–Kier alpha value is -1.35. The van der Waals surface area contributed by atoms with Gasteiger partial charge in [0, 0.05) is 13.1 Å². The van der Waals surface area contributed by atoms with E-state index in [0.29, 0.717) is 18.4 Å². The number of likely N-dealkylation sites (tertiary alicyclic amines) is 1. The molecule has 1 aromatic carbocycles. The van der Waals surface area contributed by atoms with Crippen LogP contribution in [0.3, 0.4) is 0 Å². The number of amides is 1. The van der Waals surface area contributed by atoms with Gasteiger partial charge in [-0.2, -0.15) is 0 Å². The molecule has 1 saturated carbocycles. The van der Waals surface area contributed by atoms with E-state index < -0.39 is 0 Å². The van der Waals surface area contributed by atoms with E-state index >= 15 is 0 Å². The molecule has 3 rings (SSSR count). The van der Waals surface area contributed by atoms with E-state index in [4.69, 9.17) is 5.73 Å². The van der Waals surface area contributed by atoms with E-state index in [-0.39, 0.29) is 5.41 Å². The number of nitrogens with two attached hydrogens (primary N) is 1. The van der Waals surface area contributed by atoms with E-state index in [1.54, 1.807) is 0 Å². The Labute approximate surface area is 108 Å². The van der Waals surface area contributed by atoms with Crippen molar-refractivity contribution in [1.82, 2.24) is 4.90 Å². The van der Waals surface area contributed by atoms with Gasteiger partial charge in [0.2, 0.25) is 5.91 Å². The molecular formula is C15H20N2O. The van der Waals surface area contributed by atoms with Crippen molar-refractivity contribution in [3.8, 4) is 0 Å². The summed E-state index contributed by atoms with van der Waals surface area (Å²) in [7, 11) is 0. The molecule has 2 N–H and O–H groups in total. The summed E-state index contributed by atoms with van der Waals surface area (Å²) in [6.07, 6.45) is 3.06. The maximum absolute atomic E-state index is 12.7. The quantitative estimate of drug-likeness (QED) is 0.876. The molecule has 0 spiro atoms. The molecule has 1 aromatic rings. The minimum Gasteiger partial charge on any atom is -0.342 e. The number of benzene rings is 1. The van der Waals surface area contributed by atoms with Gasteiger partial charge in [0.05, 0.1) is 5.41 Å². The molecule has 2 fully saturated rings. The van der Waals surface area contributed by atoms with E-state index in [1.807, 2.05) is 23.1 Å². The van der Waals surface area contributed by atoms with Gasteiger partial charge >= 0.3 is 0 Å². The first-order valence-electron chi connectivity index (χ1n) is 6.81. The lowest BCUT2D eigenvalue weighted by atomic mass is 9.94. The smallest absolute Gasteiger partial charge is 0.233 e. The molecule has 18 heavy (non-hydrogen) atoms. The Morgan fingerprint density at radius 2 is 2.06 bits per heavy atom. The van der Waals surface area contributed by atoms with Crippen molar-refractivity contribution in [1.29, 1.82) is 0 Å². The van der Waals surface area contributed by atoms with Crippen molar-refractivity contribution in [2.45, 2.75) is 24.7 Å². The standard InChI is InChI=1S/C15H20N2O/c16-10-12-6-9-17(11-12)14(18)15(7-8-15)13-4-2-1-3-5-13/h1-5,12H,6-11,16H2. The summed E-state index contributed by atoms with van der Waals surface area (Å²) in [6.45, 7) is 2.43. The van der Waals surface area contributed by atoms with Crippen LogP contribution in [-0.4, -0.2) is 30.4 Å². The largest absolute Gasteiger partial charge is 0.342 e. The van der Waals surface area contributed by atoms with Crippen molar-refractivity contribution in [2.75, 3.05) is 19.6 Å². The zero-order chi connectivity index (χ0) is 12.6. The van der Waals surface area contributed by atoms with Crippen LogP contribution in [0.4, 0.5) is 0 Å². The lowest BCUT2D eigenvalue weighted by Crippen LogP contribution is -2.38. The second-order valence-electron chi connectivity index (χ2n) is 5.59. The number of hydrogen-bond acceptors (Lipinski definition) is 2. The van der Waals surface area contributed by atoms with Crippen LogP contribution in [0.1, 0.15) is 24.8 Å². The molecule has 1 atom stereocenters. The number of hydrogen-bond donors (Lipinski definition) is 1. The molecule has 1 amide bonds. The average Bonchev–Trinajstić information content (AvgIpc) is 3.10. The third kappa shape index (κ3) is 1.83. The highest BCUT2D eigenvalue weighted by molar-refractivity contribution is 5.91. The van der Waals surface area contributed by atoms with Crippen LogP contribution in [-0.2, 0) is 10.2 Å². The molecule has 1 aliphatic carbocycles. The summed E-state index contributed by atoms with van der Waals surface area (Å²) < 4.78 is 0. The maximum atomic E-state index is 12.7. The second kappa shape index (κ2) is 4.39. The fraction of sp³-hybridized carbons (Fsp3) is 0.533. The monoisotopic (exact) mass is 244 g/mol. The Bertz CT molecular complexity index is 439. The van der Waals surface area contributed by atoms with Gasteiger partial charge in [-0.1, -0.05) is 30.3 Å². The summed E-state index contributed by atoms with van der Waals surface area (Å²) in [5.74, 6) is 0.824. The molecule has 3 heteroatoms. The minimum absolute atomic E-state index is 0.204. The maximum Gasteiger partial charge on any atom is 0.233 e. The average molecular weight is 244 g/mol. The highest BCUT2D eigenvalue weighted by Gasteiger charge is 2.53. The molecule has 1 aliphatic heterocycles. The van der Waals surface area contributed by atoms with Crippen LogP contribution in [0, 0.1) is 5.92 Å². The number of carbonyl (C=O) groups excluding carboxylic acids is 1. The van der Waals surface area contributed by atoms with Crippen LogP contribution in [0.2, 0.25) is 0 Å². The van der Waals surface area contributed by atoms with E-state index in [1.165, 1.54) is 5.56 Å². The third-order valence-corrected chi connectivity index (χ3v) is 4.39. The molecule has 0 aromatic heterocycles. The molecule has 1 heterocycles. The molecular weight excluding hydrogens is 224 g/mol. The molecule has 3 nitrogen and oxygen atoms in total. The third-order valence-electron chi connectivity index (χ3n) is 4.39. The van der Waals surface area contributed by atoms with E-state index in [9.17, 15) is 4.79 Å². The van der Waals surface area contributed by atoms with Gasteiger partial charge < -0.3 is 10.6 Å². The first-order valence-corrected chi connectivity index (χ1v) is 6.81. The predicted molar refractivity (Wildman–Crippen MR) is 71.1 cm³/mol. The highest BCUT2D eigenvalue weighted by atomic mass is 16.2. The lowest BCUT2D eigenvalue weighted by Gasteiger charge is -2.23. The van der Waals surface area contributed by atoms with Crippen LogP contribution < -0.4 is 5.73 Å². The van der Waals surface area contributed by atoms with E-state index in [2.05, 4.69) is 12.1 Å². The van der Waals surface area contributed by atoms with Gasteiger partial charge in [-0.25, -0.2) is 0 Å². The Morgan fingerprint density at radius 1 is 1.33 bits per heavy atom. The summed E-state index contributed by atoms with van der Waals surface area (Å²) in [4.78, 5) is 14.7. The van der Waals surface area contributed by atoms with Gasteiger partial charge in [0.15, 0.2) is 0 Å². The van der Waals surface area contributed by atoms with Crippen molar-refractivity contribution in [3.63, 3.8) is 0 Å². The predicted octanol–water partition coefficient (Wildman–Crippen LogP) is 1.53. The van der Waals surface area contributed by atoms with Gasteiger partial charge in [-0.05, 0) is 37.3 Å². The molecule has 0 bridgehead atoms. The van der Waals surface area contributed by atoms with Gasteiger partial charge in [0.25, 0.3) is 0 Å². The Morgan fingerprint density at radius 3 is 2.61 bits per heavy atom. The van der Waals surface area contributed by atoms with Crippen molar-refractivity contribution in [2.24, 2.45) is 11.7 Å². The number of nitrogens with zero attached hydrogens (tertiary/aromatic N) is 1. The second-order valence-corrected chi connectivity index (χ2v) is 5.59. The molecule has 1 unspecified atom stereocenters. The summed E-state index contributed by atoms with van der Waals surface area (Å²) >= 11 is 0. The Balaban J connectivity index is 1.77. The highest BCUT2D eigenvalue weighted by Crippen LogP contribution is 2.50. The summed E-state index contributed by atoms with van der Waals surface area (Å²) in [5.41, 5.74) is 6.68. The first kappa shape index (κ1) is 11.7. The van der Waals surface area contributed by atoms with Gasteiger partial charge in [-0.3, -0.25) is 4.79 Å². The molecule has 96 valence electrons. The SMILES string of the molecule is NCC1CCN(C(=O)C2(c3ccccc3)CC2)C1. The normalized spacial score (nSPS) is 25.2. The summed E-state index contributed by atoms with van der Waals surface area (Å²) in [6, 6.07) is 10.2. The fourth-order valence-corrected chi connectivity index (χ4v) is 3.02. The van der Waals surface area contributed by atoms with Crippen LogP contribution in [0.15, 0.2) is 30.3 Å². The Kier molecular flexibility index (Phi) is 2.86. The molecule has 2 aliphatic rings. The topological polar surface area (TPSA) is 46.3 Å². The van der Waals surface area contributed by atoms with Gasteiger partial charge in [-0.15, -0.1) is 0 Å². The number of rotatable bonds is 3. The van der Waals surface area contributed by atoms with Crippen molar-refractivity contribution in [3.05, 3.63) is 35.9 Å². The lowest BCUT2D eigenvalue weighted by molar-refractivity contribution is -0.133. The first-order chi connectivity index (χ1) is 8.76. The van der Waals surface area contributed by atoms with Crippen LogP contribution in [0.5, 0.6) is 0 Å². The van der Waals surface area contributed by atoms with Crippen molar-refractivity contribution >= 4 is 5.91 Å². The van der Waals surface area contributed by atoms with Crippen molar-refractivity contribution < 1.29 is 4.79 Å². The molecule has 1 saturated heterocycles. The van der Waals surface area contributed by atoms with E-state index in [0.717, 1.165) is 32.4 Å².